The number of pyridine rings is 1. The molecule has 3 rings (SSSR count). The van der Waals surface area contributed by atoms with Crippen molar-refractivity contribution in [3.63, 3.8) is 0 Å². The van der Waals surface area contributed by atoms with Crippen LogP contribution in [0.15, 0.2) is 33.9 Å². The molecule has 2 aromatic heterocycles. The summed E-state index contributed by atoms with van der Waals surface area (Å²) in [5, 5.41) is 9.43. The highest BCUT2D eigenvalue weighted by molar-refractivity contribution is 5.95. The minimum absolute atomic E-state index is 0.0563. The number of nitrogens with one attached hydrogen (secondary N) is 2. The number of hydrogen-bond donors (Lipinski definition) is 3. The highest BCUT2D eigenvalue weighted by atomic mass is 16.1. The van der Waals surface area contributed by atoms with Gasteiger partial charge in [0.25, 0.3) is 11.1 Å². The second-order valence-electron chi connectivity index (χ2n) is 4.86. The Morgan fingerprint density at radius 3 is 2.45 bits per heavy atom. The van der Waals surface area contributed by atoms with Crippen molar-refractivity contribution in [2.24, 2.45) is 0 Å². The monoisotopic (exact) mass is 293 g/mol. The molecule has 0 aliphatic rings. The van der Waals surface area contributed by atoms with E-state index in [1.165, 1.54) is 0 Å². The lowest BCUT2D eigenvalue weighted by Gasteiger charge is -2.08. The zero-order valence-corrected chi connectivity index (χ0v) is 11.6. The van der Waals surface area contributed by atoms with E-state index in [0.717, 1.165) is 5.56 Å². The molecule has 0 unspecified atom stereocenters. The lowest BCUT2D eigenvalue weighted by molar-refractivity contribution is 1.14. The topological polar surface area (TPSA) is 128 Å². The third-order valence-corrected chi connectivity index (χ3v) is 3.35. The first-order valence-corrected chi connectivity index (χ1v) is 6.44. The van der Waals surface area contributed by atoms with Crippen LogP contribution < -0.4 is 16.9 Å². The number of aryl methyl sites for hydroxylation is 1. The lowest BCUT2D eigenvalue weighted by atomic mass is 9.98. The molecule has 0 amide bonds. The number of aromatic nitrogens is 3. The molecule has 0 bridgehead atoms. The van der Waals surface area contributed by atoms with Crippen molar-refractivity contribution in [1.82, 2.24) is 15.0 Å². The number of fused-ring (bicyclic) bond motifs is 1. The van der Waals surface area contributed by atoms with Gasteiger partial charge >= 0.3 is 0 Å². The fraction of sp³-hybridized carbons (Fsp3) is 0.0667. The molecule has 0 aliphatic carbocycles. The summed E-state index contributed by atoms with van der Waals surface area (Å²) >= 11 is 0. The number of rotatable bonds is 1. The predicted molar refractivity (Wildman–Crippen MR) is 82.3 cm³/mol. The molecule has 0 spiro atoms. The molecule has 2 heterocycles. The Hall–Kier alpha value is -3.40. The SMILES string of the molecule is Cc1ccc(-c2c(C#N)c(=O)[nH]c3nc(N)[nH]c(=O)c23)cc1. The number of hydrogen-bond acceptors (Lipinski definition) is 5. The molecule has 0 radical (unpaired) electrons. The standard InChI is InChI=1S/C15H11N5O2/c1-7-2-4-8(5-3-7)10-9(6-16)13(21)18-12-11(10)14(22)20-15(17)19-12/h2-5H,1H3,(H4,17,18,19,20,21,22). The minimum atomic E-state index is -0.608. The van der Waals surface area contributed by atoms with Crippen molar-refractivity contribution < 1.29 is 0 Å². The van der Waals surface area contributed by atoms with Crippen molar-refractivity contribution in [2.45, 2.75) is 6.92 Å². The van der Waals surface area contributed by atoms with E-state index >= 15 is 0 Å². The minimum Gasteiger partial charge on any atom is -0.369 e. The van der Waals surface area contributed by atoms with E-state index in [1.54, 1.807) is 12.1 Å². The van der Waals surface area contributed by atoms with Gasteiger partial charge in [-0.2, -0.15) is 10.2 Å². The molecule has 3 aromatic rings. The van der Waals surface area contributed by atoms with Crippen molar-refractivity contribution in [1.29, 1.82) is 5.26 Å². The van der Waals surface area contributed by atoms with Gasteiger partial charge < -0.3 is 10.7 Å². The van der Waals surface area contributed by atoms with Crippen molar-refractivity contribution in [3.05, 3.63) is 56.1 Å². The van der Waals surface area contributed by atoms with E-state index in [9.17, 15) is 14.9 Å². The largest absolute Gasteiger partial charge is 0.369 e. The quantitative estimate of drug-likeness (QED) is 0.617. The summed E-state index contributed by atoms with van der Waals surface area (Å²) in [6.07, 6.45) is 0. The number of aromatic amines is 2. The van der Waals surface area contributed by atoms with E-state index in [-0.39, 0.29) is 28.1 Å². The number of nitrogens with zero attached hydrogens (tertiary/aromatic N) is 2. The lowest BCUT2D eigenvalue weighted by Crippen LogP contribution is -2.19. The van der Waals surface area contributed by atoms with Gasteiger partial charge in [-0.05, 0) is 12.5 Å². The average molecular weight is 293 g/mol. The summed E-state index contributed by atoms with van der Waals surface area (Å²) in [6, 6.07) is 9.03. The van der Waals surface area contributed by atoms with Crippen LogP contribution in [0, 0.1) is 18.3 Å². The van der Waals surface area contributed by atoms with Gasteiger partial charge in [0.05, 0.1) is 5.39 Å². The van der Waals surface area contributed by atoms with Gasteiger partial charge in [-0.1, -0.05) is 29.8 Å². The Balaban J connectivity index is 2.56. The summed E-state index contributed by atoms with van der Waals surface area (Å²) in [5.74, 6) is -0.104. The van der Waals surface area contributed by atoms with Crippen LogP contribution >= 0.6 is 0 Å². The molecule has 22 heavy (non-hydrogen) atoms. The van der Waals surface area contributed by atoms with Crippen molar-refractivity contribution in [3.8, 4) is 17.2 Å². The van der Waals surface area contributed by atoms with Gasteiger partial charge in [0, 0.05) is 5.56 Å². The molecule has 7 nitrogen and oxygen atoms in total. The molecule has 108 valence electrons. The maximum Gasteiger partial charge on any atom is 0.268 e. The van der Waals surface area contributed by atoms with E-state index in [4.69, 9.17) is 5.73 Å². The first kappa shape index (κ1) is 13.6. The van der Waals surface area contributed by atoms with Crippen LogP contribution in [0.3, 0.4) is 0 Å². The number of anilines is 1. The second-order valence-corrected chi connectivity index (χ2v) is 4.86. The first-order valence-electron chi connectivity index (χ1n) is 6.44. The van der Waals surface area contributed by atoms with Gasteiger partial charge in [0.1, 0.15) is 17.3 Å². The molecule has 4 N–H and O–H groups in total. The third kappa shape index (κ3) is 2.03. The average Bonchev–Trinajstić information content (AvgIpc) is 2.46. The summed E-state index contributed by atoms with van der Waals surface area (Å²) in [6.45, 7) is 1.92. The molecule has 0 fully saturated rings. The summed E-state index contributed by atoms with van der Waals surface area (Å²) in [4.78, 5) is 33.1. The van der Waals surface area contributed by atoms with Gasteiger partial charge in [0.15, 0.2) is 0 Å². The molecular weight excluding hydrogens is 282 g/mol. The molecule has 0 saturated carbocycles. The highest BCUT2D eigenvalue weighted by Gasteiger charge is 2.18. The van der Waals surface area contributed by atoms with E-state index in [1.807, 2.05) is 25.1 Å². The Bertz CT molecular complexity index is 1040. The normalized spacial score (nSPS) is 10.5. The number of nitrogen functional groups attached to an aromatic ring is 1. The van der Waals surface area contributed by atoms with Gasteiger partial charge in [-0.25, -0.2) is 0 Å². The molecule has 0 saturated heterocycles. The van der Waals surface area contributed by atoms with Crippen LogP contribution in [0.25, 0.3) is 22.2 Å². The fourth-order valence-electron chi connectivity index (χ4n) is 2.34. The molecular formula is C15H11N5O2. The summed E-state index contributed by atoms with van der Waals surface area (Å²) in [7, 11) is 0. The van der Waals surface area contributed by atoms with Gasteiger partial charge in [0.2, 0.25) is 5.95 Å². The Morgan fingerprint density at radius 1 is 1.14 bits per heavy atom. The summed E-state index contributed by atoms with van der Waals surface area (Å²) < 4.78 is 0. The van der Waals surface area contributed by atoms with E-state index in [0.29, 0.717) is 5.56 Å². The Morgan fingerprint density at radius 2 is 1.82 bits per heavy atom. The van der Waals surface area contributed by atoms with E-state index in [2.05, 4.69) is 15.0 Å². The third-order valence-electron chi connectivity index (χ3n) is 3.35. The predicted octanol–water partition coefficient (Wildman–Crippen LogP) is 1.04. The summed E-state index contributed by atoms with van der Waals surface area (Å²) in [5.41, 5.74) is 6.18. The highest BCUT2D eigenvalue weighted by Crippen LogP contribution is 2.26. The molecule has 0 aliphatic heterocycles. The Labute approximate surface area is 124 Å². The number of benzene rings is 1. The molecule has 1 aromatic carbocycles. The van der Waals surface area contributed by atoms with Crippen LogP contribution in [0.5, 0.6) is 0 Å². The van der Waals surface area contributed by atoms with Crippen LogP contribution in [0.2, 0.25) is 0 Å². The van der Waals surface area contributed by atoms with Crippen LogP contribution in [0.4, 0.5) is 5.95 Å². The number of nitriles is 1. The molecule has 7 heteroatoms. The maximum atomic E-state index is 12.2. The van der Waals surface area contributed by atoms with Crippen LogP contribution in [-0.2, 0) is 0 Å². The molecule has 0 atom stereocenters. The smallest absolute Gasteiger partial charge is 0.268 e. The van der Waals surface area contributed by atoms with Gasteiger partial charge in [-0.15, -0.1) is 0 Å². The van der Waals surface area contributed by atoms with Crippen molar-refractivity contribution in [2.75, 3.05) is 5.73 Å². The Kier molecular flexibility index (Phi) is 3.00. The zero-order chi connectivity index (χ0) is 15.9. The first-order chi connectivity index (χ1) is 10.5. The van der Waals surface area contributed by atoms with Crippen molar-refractivity contribution >= 4 is 17.0 Å². The van der Waals surface area contributed by atoms with E-state index < -0.39 is 11.1 Å². The van der Waals surface area contributed by atoms with Crippen LogP contribution in [0.1, 0.15) is 11.1 Å². The van der Waals surface area contributed by atoms with Gasteiger partial charge in [-0.3, -0.25) is 14.6 Å². The zero-order valence-electron chi connectivity index (χ0n) is 11.6. The fourth-order valence-corrected chi connectivity index (χ4v) is 2.34. The maximum absolute atomic E-state index is 12.2. The second kappa shape index (κ2) is 4.86. The number of nitrogens with two attached hydrogens (primary N) is 1. The van der Waals surface area contributed by atoms with Crippen LogP contribution in [-0.4, -0.2) is 15.0 Å². The number of H-pyrrole nitrogens is 2.